The van der Waals surface area contributed by atoms with E-state index in [0.29, 0.717) is 41.3 Å². The average Bonchev–Trinajstić information content (AvgIpc) is 3.07. The zero-order valence-electron chi connectivity index (χ0n) is 20.5. The summed E-state index contributed by atoms with van der Waals surface area (Å²) in [5.41, 5.74) is 1.81. The first-order chi connectivity index (χ1) is 16.2. The van der Waals surface area contributed by atoms with E-state index in [0.717, 1.165) is 12.1 Å². The minimum Gasteiger partial charge on any atom is -0.507 e. The molecule has 2 aromatic carbocycles. The van der Waals surface area contributed by atoms with Gasteiger partial charge in [0.1, 0.15) is 11.5 Å². The van der Waals surface area contributed by atoms with Gasteiger partial charge in [-0.3, -0.25) is 9.59 Å². The number of methoxy groups -OCH3 is 3. The molecule has 1 heterocycles. The van der Waals surface area contributed by atoms with Crippen molar-refractivity contribution in [3.63, 3.8) is 0 Å². The molecule has 3 rings (SSSR count). The van der Waals surface area contributed by atoms with Crippen molar-refractivity contribution in [2.45, 2.75) is 19.4 Å². The van der Waals surface area contributed by atoms with Crippen molar-refractivity contribution in [3.05, 3.63) is 58.7 Å². The van der Waals surface area contributed by atoms with Crippen molar-refractivity contribution in [1.82, 2.24) is 9.80 Å². The molecular weight excluding hydrogens is 436 g/mol. The fourth-order valence-electron chi connectivity index (χ4n) is 4.30. The Kier molecular flexibility index (Phi) is 7.83. The largest absolute Gasteiger partial charge is 0.507 e. The maximum absolute atomic E-state index is 13.3. The number of benzene rings is 2. The topological polar surface area (TPSA) is 88.5 Å². The third-order valence-electron chi connectivity index (χ3n) is 5.94. The van der Waals surface area contributed by atoms with Gasteiger partial charge in [-0.2, -0.15) is 0 Å². The van der Waals surface area contributed by atoms with E-state index in [2.05, 4.69) is 0 Å². The van der Waals surface area contributed by atoms with E-state index in [1.807, 2.05) is 25.9 Å². The summed E-state index contributed by atoms with van der Waals surface area (Å²) in [6.45, 7) is 2.92. The molecule has 1 N–H and O–H groups in total. The Hall–Kier alpha value is -3.52. The van der Waals surface area contributed by atoms with Crippen LogP contribution in [0.5, 0.6) is 17.2 Å². The first-order valence-electron chi connectivity index (χ1n) is 11.0. The molecule has 0 radical (unpaired) electrons. The van der Waals surface area contributed by atoms with Gasteiger partial charge in [-0.05, 0) is 63.8 Å². The van der Waals surface area contributed by atoms with Crippen molar-refractivity contribution < 1.29 is 28.9 Å². The van der Waals surface area contributed by atoms with Crippen LogP contribution in [0.1, 0.15) is 29.2 Å². The summed E-state index contributed by atoms with van der Waals surface area (Å²) in [6, 6.07) is 9.59. The summed E-state index contributed by atoms with van der Waals surface area (Å²) >= 11 is 0. The standard InChI is InChI=1S/C26H32N2O6/c1-16-15-17(11-12-19(16)32-4)23(29)21-22(18-9-7-10-20(33-5)25(18)34-6)28(26(31)24(21)30)14-8-13-27(2)3/h7,9-12,15,22,29H,8,13-14H2,1-6H3. The number of para-hydroxylation sites is 1. The molecule has 8 heteroatoms. The highest BCUT2D eigenvalue weighted by Crippen LogP contribution is 2.45. The second kappa shape index (κ2) is 10.6. The van der Waals surface area contributed by atoms with Crippen LogP contribution in [-0.2, 0) is 9.59 Å². The minimum absolute atomic E-state index is 0.0194. The SMILES string of the molecule is COc1ccc(C(O)=C2C(=O)C(=O)N(CCCN(C)C)C2c2cccc(OC)c2OC)cc1C. The molecule has 1 fully saturated rings. The van der Waals surface area contributed by atoms with Crippen LogP contribution >= 0.6 is 0 Å². The lowest BCUT2D eigenvalue weighted by molar-refractivity contribution is -0.140. The number of likely N-dealkylation sites (tertiary alicyclic amines) is 1. The molecular formula is C26H32N2O6. The molecule has 1 amide bonds. The lowest BCUT2D eigenvalue weighted by atomic mass is 9.94. The average molecular weight is 469 g/mol. The molecule has 34 heavy (non-hydrogen) atoms. The Balaban J connectivity index is 2.21. The van der Waals surface area contributed by atoms with Crippen LogP contribution in [0.25, 0.3) is 5.76 Å². The molecule has 182 valence electrons. The number of carbonyl (C=O) groups excluding carboxylic acids is 2. The van der Waals surface area contributed by atoms with Crippen LogP contribution in [0.2, 0.25) is 0 Å². The number of aryl methyl sites for hydroxylation is 1. The number of Topliss-reactive ketones (excluding diaryl/α,β-unsaturated/α-hetero) is 1. The Morgan fingerprint density at radius 1 is 1.03 bits per heavy atom. The van der Waals surface area contributed by atoms with Gasteiger partial charge < -0.3 is 29.1 Å². The second-order valence-electron chi connectivity index (χ2n) is 8.42. The lowest BCUT2D eigenvalue weighted by Gasteiger charge is -2.27. The number of carbonyl (C=O) groups is 2. The van der Waals surface area contributed by atoms with Crippen LogP contribution in [0.3, 0.4) is 0 Å². The Morgan fingerprint density at radius 3 is 2.32 bits per heavy atom. The van der Waals surface area contributed by atoms with Gasteiger partial charge in [-0.25, -0.2) is 0 Å². The number of ether oxygens (including phenoxy) is 3. The Bertz CT molecular complexity index is 1110. The molecule has 1 aliphatic heterocycles. The van der Waals surface area contributed by atoms with Gasteiger partial charge in [0.2, 0.25) is 0 Å². The summed E-state index contributed by atoms with van der Waals surface area (Å²) in [6.07, 6.45) is 0.657. The quantitative estimate of drug-likeness (QED) is 0.343. The highest BCUT2D eigenvalue weighted by atomic mass is 16.5. The third kappa shape index (κ3) is 4.72. The molecule has 8 nitrogen and oxygen atoms in total. The molecule has 0 bridgehead atoms. The van der Waals surface area contributed by atoms with E-state index in [1.54, 1.807) is 43.5 Å². The number of hydrogen-bond acceptors (Lipinski definition) is 7. The van der Waals surface area contributed by atoms with Crippen LogP contribution in [0.15, 0.2) is 42.0 Å². The molecule has 1 atom stereocenters. The molecule has 1 aliphatic rings. The number of rotatable bonds is 9. The maximum Gasteiger partial charge on any atom is 0.295 e. The van der Waals surface area contributed by atoms with E-state index in [-0.39, 0.29) is 11.3 Å². The van der Waals surface area contributed by atoms with Crippen molar-refractivity contribution in [2.75, 3.05) is 48.5 Å². The van der Waals surface area contributed by atoms with Crippen LogP contribution < -0.4 is 14.2 Å². The number of ketones is 1. The van der Waals surface area contributed by atoms with E-state index < -0.39 is 17.7 Å². The predicted molar refractivity (Wildman–Crippen MR) is 129 cm³/mol. The lowest BCUT2D eigenvalue weighted by Crippen LogP contribution is -2.32. The molecule has 1 saturated heterocycles. The number of amides is 1. The van der Waals surface area contributed by atoms with Gasteiger partial charge in [0, 0.05) is 17.7 Å². The summed E-state index contributed by atoms with van der Waals surface area (Å²) < 4.78 is 16.4. The summed E-state index contributed by atoms with van der Waals surface area (Å²) in [4.78, 5) is 29.9. The number of nitrogens with zero attached hydrogens (tertiary/aromatic N) is 2. The van der Waals surface area contributed by atoms with E-state index >= 15 is 0 Å². The summed E-state index contributed by atoms with van der Waals surface area (Å²) in [5.74, 6) is -0.0858. The van der Waals surface area contributed by atoms with Gasteiger partial charge in [0.05, 0.1) is 32.9 Å². The predicted octanol–water partition coefficient (Wildman–Crippen LogP) is 3.39. The van der Waals surface area contributed by atoms with E-state index in [9.17, 15) is 14.7 Å². The highest BCUT2D eigenvalue weighted by Gasteiger charge is 2.47. The molecule has 0 saturated carbocycles. The highest BCUT2D eigenvalue weighted by molar-refractivity contribution is 6.46. The zero-order chi connectivity index (χ0) is 25.0. The van der Waals surface area contributed by atoms with Crippen LogP contribution in [0, 0.1) is 6.92 Å². The van der Waals surface area contributed by atoms with E-state index in [1.165, 1.54) is 19.1 Å². The smallest absolute Gasteiger partial charge is 0.295 e. The third-order valence-corrected chi connectivity index (χ3v) is 5.94. The van der Waals surface area contributed by atoms with Crippen LogP contribution in [0.4, 0.5) is 0 Å². The molecule has 2 aromatic rings. The summed E-state index contributed by atoms with van der Waals surface area (Å²) in [7, 11) is 8.49. The van der Waals surface area contributed by atoms with Gasteiger partial charge in [0.25, 0.3) is 11.7 Å². The Labute approximate surface area is 200 Å². The monoisotopic (exact) mass is 468 g/mol. The fourth-order valence-corrected chi connectivity index (χ4v) is 4.30. The zero-order valence-corrected chi connectivity index (χ0v) is 20.5. The first kappa shape index (κ1) is 25.1. The van der Waals surface area contributed by atoms with Crippen molar-refractivity contribution in [1.29, 1.82) is 0 Å². The molecule has 1 unspecified atom stereocenters. The van der Waals surface area contributed by atoms with Gasteiger partial charge in [-0.15, -0.1) is 0 Å². The van der Waals surface area contributed by atoms with Crippen molar-refractivity contribution in [2.24, 2.45) is 0 Å². The van der Waals surface area contributed by atoms with Crippen molar-refractivity contribution in [3.8, 4) is 17.2 Å². The minimum atomic E-state index is -0.824. The first-order valence-corrected chi connectivity index (χ1v) is 11.0. The van der Waals surface area contributed by atoms with Gasteiger partial charge in [0.15, 0.2) is 11.5 Å². The maximum atomic E-state index is 13.3. The fraction of sp³-hybridized carbons (Fsp3) is 0.385. The van der Waals surface area contributed by atoms with E-state index in [4.69, 9.17) is 14.2 Å². The molecule has 0 aliphatic carbocycles. The normalized spacial score (nSPS) is 17.4. The molecule has 0 aromatic heterocycles. The number of aliphatic hydroxyl groups excluding tert-OH is 1. The Morgan fingerprint density at radius 2 is 1.74 bits per heavy atom. The van der Waals surface area contributed by atoms with Gasteiger partial charge in [-0.1, -0.05) is 12.1 Å². The summed E-state index contributed by atoms with van der Waals surface area (Å²) in [5, 5.41) is 11.3. The van der Waals surface area contributed by atoms with Crippen LogP contribution in [-0.4, -0.2) is 75.1 Å². The molecule has 0 spiro atoms. The van der Waals surface area contributed by atoms with Crippen molar-refractivity contribution >= 4 is 17.4 Å². The van der Waals surface area contributed by atoms with Gasteiger partial charge >= 0.3 is 0 Å². The number of aliphatic hydroxyl groups is 1. The second-order valence-corrected chi connectivity index (χ2v) is 8.42. The number of hydrogen-bond donors (Lipinski definition) is 1.